The van der Waals surface area contributed by atoms with Crippen molar-refractivity contribution < 1.29 is 4.39 Å². The summed E-state index contributed by atoms with van der Waals surface area (Å²) in [6, 6.07) is 15.1. The lowest BCUT2D eigenvalue weighted by molar-refractivity contribution is 0.632. The summed E-state index contributed by atoms with van der Waals surface area (Å²) in [5.41, 5.74) is 2.64. The normalized spacial score (nSPS) is 10.2. The van der Waals surface area contributed by atoms with E-state index in [9.17, 15) is 4.39 Å². The van der Waals surface area contributed by atoms with Gasteiger partial charge in [-0.1, -0.05) is 61.6 Å². The van der Waals surface area contributed by atoms with Crippen LogP contribution in [0.2, 0.25) is 13.6 Å². The lowest BCUT2D eigenvalue weighted by Gasteiger charge is -2.07. The minimum atomic E-state index is -0.141. The molecule has 0 amide bonds. The molecule has 0 saturated heterocycles. The van der Waals surface area contributed by atoms with E-state index >= 15 is 0 Å². The van der Waals surface area contributed by atoms with Gasteiger partial charge >= 0.3 is 0 Å². The standard InChI is InChI=1S/C14H14BF/c1-15(2)12-8-9-13(14(16)10-12)11-6-4-3-5-7-11/h3-10H,1-2H3. The van der Waals surface area contributed by atoms with Gasteiger partial charge in [0, 0.05) is 5.56 Å². The topological polar surface area (TPSA) is 0 Å². The number of hydrogen-bond donors (Lipinski definition) is 0. The second kappa shape index (κ2) is 4.52. The van der Waals surface area contributed by atoms with E-state index in [1.54, 1.807) is 6.07 Å². The zero-order valence-electron chi connectivity index (χ0n) is 9.57. The summed E-state index contributed by atoms with van der Waals surface area (Å²) in [4.78, 5) is 0. The molecule has 16 heavy (non-hydrogen) atoms. The first-order valence-corrected chi connectivity index (χ1v) is 5.53. The molecule has 80 valence electrons. The molecule has 0 atom stereocenters. The highest BCUT2D eigenvalue weighted by molar-refractivity contribution is 6.70. The van der Waals surface area contributed by atoms with Crippen LogP contribution in [0.5, 0.6) is 0 Å². The molecule has 0 unspecified atom stereocenters. The lowest BCUT2D eigenvalue weighted by Crippen LogP contribution is -2.22. The maximum Gasteiger partial charge on any atom is 0.169 e. The van der Waals surface area contributed by atoms with Gasteiger partial charge in [0.1, 0.15) is 5.82 Å². The highest BCUT2D eigenvalue weighted by Crippen LogP contribution is 2.21. The molecule has 2 heteroatoms. The van der Waals surface area contributed by atoms with E-state index in [1.807, 2.05) is 42.5 Å². The van der Waals surface area contributed by atoms with Crippen LogP contribution in [0.25, 0.3) is 11.1 Å². The minimum Gasteiger partial charge on any atom is -0.206 e. The number of halogens is 1. The molecule has 0 fully saturated rings. The maximum absolute atomic E-state index is 13.9. The van der Waals surface area contributed by atoms with Gasteiger partial charge in [-0.05, 0) is 11.6 Å². The van der Waals surface area contributed by atoms with E-state index in [4.69, 9.17) is 0 Å². The molecule has 0 spiro atoms. The molecule has 0 aromatic heterocycles. The van der Waals surface area contributed by atoms with Crippen molar-refractivity contribution in [3.8, 4) is 11.1 Å². The van der Waals surface area contributed by atoms with E-state index in [-0.39, 0.29) is 5.82 Å². The minimum absolute atomic E-state index is 0.141. The first kappa shape index (κ1) is 10.9. The summed E-state index contributed by atoms with van der Waals surface area (Å²) in [5, 5.41) is 0. The molecule has 0 heterocycles. The Labute approximate surface area is 96.2 Å². The first-order valence-electron chi connectivity index (χ1n) is 5.53. The summed E-state index contributed by atoms with van der Waals surface area (Å²) in [6.45, 7) is 4.49. The Morgan fingerprint density at radius 2 is 1.62 bits per heavy atom. The molecule has 0 saturated carbocycles. The molecule has 0 aliphatic heterocycles. The summed E-state index contributed by atoms with van der Waals surface area (Å²) in [7, 11) is 0. The molecule has 0 aliphatic rings. The van der Waals surface area contributed by atoms with Crippen LogP contribution in [-0.2, 0) is 0 Å². The van der Waals surface area contributed by atoms with Crippen LogP contribution in [0.4, 0.5) is 4.39 Å². The second-order valence-electron chi connectivity index (χ2n) is 4.26. The number of rotatable bonds is 2. The smallest absolute Gasteiger partial charge is 0.169 e. The Morgan fingerprint density at radius 3 is 2.19 bits per heavy atom. The summed E-state index contributed by atoms with van der Waals surface area (Å²) >= 11 is 0. The average molecular weight is 212 g/mol. The van der Waals surface area contributed by atoms with Gasteiger partial charge in [-0.2, -0.15) is 0 Å². The SMILES string of the molecule is CB(C)c1ccc(-c2ccccc2)c(F)c1. The van der Waals surface area contributed by atoms with Crippen LogP contribution < -0.4 is 5.46 Å². The maximum atomic E-state index is 13.9. The predicted octanol–water partition coefficient (Wildman–Crippen LogP) is 3.45. The van der Waals surface area contributed by atoms with E-state index in [0.717, 1.165) is 11.0 Å². The van der Waals surface area contributed by atoms with Gasteiger partial charge in [-0.3, -0.25) is 0 Å². The number of hydrogen-bond acceptors (Lipinski definition) is 0. The monoisotopic (exact) mass is 212 g/mol. The van der Waals surface area contributed by atoms with Gasteiger partial charge in [0.05, 0.1) is 0 Å². The molecular formula is C14H14BF. The van der Waals surface area contributed by atoms with E-state index < -0.39 is 0 Å². The fourth-order valence-electron chi connectivity index (χ4n) is 1.74. The van der Waals surface area contributed by atoms with Crippen molar-refractivity contribution in [2.45, 2.75) is 13.6 Å². The predicted molar refractivity (Wildman–Crippen MR) is 69.0 cm³/mol. The third kappa shape index (κ3) is 2.16. The Kier molecular flexibility index (Phi) is 3.09. The summed E-state index contributed by atoms with van der Waals surface area (Å²) in [6.07, 6.45) is 0. The largest absolute Gasteiger partial charge is 0.206 e. The van der Waals surface area contributed by atoms with Crippen molar-refractivity contribution >= 4 is 12.2 Å². The highest BCUT2D eigenvalue weighted by atomic mass is 19.1. The van der Waals surface area contributed by atoms with Gasteiger partial charge in [-0.15, -0.1) is 0 Å². The van der Waals surface area contributed by atoms with Crippen molar-refractivity contribution in [1.82, 2.24) is 0 Å². The zero-order valence-corrected chi connectivity index (χ0v) is 9.57. The van der Waals surface area contributed by atoms with Gasteiger partial charge in [-0.25, -0.2) is 4.39 Å². The van der Waals surface area contributed by atoms with Crippen molar-refractivity contribution in [3.63, 3.8) is 0 Å². The van der Waals surface area contributed by atoms with Crippen LogP contribution in [0.1, 0.15) is 0 Å². The Morgan fingerprint density at radius 1 is 0.938 bits per heavy atom. The molecule has 2 rings (SSSR count). The Balaban J connectivity index is 2.45. The van der Waals surface area contributed by atoms with Crippen LogP contribution in [0, 0.1) is 5.82 Å². The van der Waals surface area contributed by atoms with Gasteiger partial charge in [0.2, 0.25) is 0 Å². The molecule has 0 aliphatic carbocycles. The quantitative estimate of drug-likeness (QED) is 0.668. The van der Waals surface area contributed by atoms with Crippen LogP contribution in [0.3, 0.4) is 0 Å². The Hall–Kier alpha value is -1.57. The second-order valence-corrected chi connectivity index (χ2v) is 4.26. The average Bonchev–Trinajstić information content (AvgIpc) is 2.30. The fraction of sp³-hybridized carbons (Fsp3) is 0.143. The number of benzene rings is 2. The molecule has 2 aromatic rings. The summed E-state index contributed by atoms with van der Waals surface area (Å²) in [5.74, 6) is -0.141. The van der Waals surface area contributed by atoms with E-state index in [1.165, 1.54) is 0 Å². The van der Waals surface area contributed by atoms with Gasteiger partial charge < -0.3 is 0 Å². The van der Waals surface area contributed by atoms with Crippen LogP contribution >= 0.6 is 0 Å². The summed E-state index contributed by atoms with van der Waals surface area (Å²) < 4.78 is 13.9. The molecule has 2 aromatic carbocycles. The molecule has 0 N–H and O–H groups in total. The van der Waals surface area contributed by atoms with Crippen LogP contribution in [0.15, 0.2) is 48.5 Å². The molecule has 0 bridgehead atoms. The van der Waals surface area contributed by atoms with E-state index in [0.29, 0.717) is 12.3 Å². The Bertz CT molecular complexity index is 477. The first-order chi connectivity index (χ1) is 7.68. The lowest BCUT2D eigenvalue weighted by atomic mass is 9.49. The van der Waals surface area contributed by atoms with Crippen LogP contribution in [-0.4, -0.2) is 6.71 Å². The van der Waals surface area contributed by atoms with Crippen molar-refractivity contribution in [2.24, 2.45) is 0 Å². The van der Waals surface area contributed by atoms with Crippen molar-refractivity contribution in [1.29, 1.82) is 0 Å². The van der Waals surface area contributed by atoms with Crippen molar-refractivity contribution in [2.75, 3.05) is 0 Å². The zero-order chi connectivity index (χ0) is 11.5. The fourth-order valence-corrected chi connectivity index (χ4v) is 1.74. The molecule has 0 radical (unpaired) electrons. The van der Waals surface area contributed by atoms with E-state index in [2.05, 4.69) is 13.6 Å². The third-order valence-electron chi connectivity index (χ3n) is 2.74. The molecule has 0 nitrogen and oxygen atoms in total. The van der Waals surface area contributed by atoms with Crippen molar-refractivity contribution in [3.05, 3.63) is 54.3 Å². The van der Waals surface area contributed by atoms with Gasteiger partial charge in [0.15, 0.2) is 6.71 Å². The molecular weight excluding hydrogens is 198 g/mol. The van der Waals surface area contributed by atoms with Gasteiger partial charge in [0.25, 0.3) is 0 Å². The third-order valence-corrected chi connectivity index (χ3v) is 2.74. The highest BCUT2D eigenvalue weighted by Gasteiger charge is 2.08.